The Morgan fingerprint density at radius 2 is 2.08 bits per heavy atom. The van der Waals surface area contributed by atoms with Gasteiger partial charge in [0.1, 0.15) is 12.4 Å². The molecule has 0 saturated heterocycles. The van der Waals surface area contributed by atoms with Crippen LogP contribution in [0, 0.1) is 0 Å². The van der Waals surface area contributed by atoms with E-state index in [1.807, 2.05) is 47.2 Å². The molecule has 0 radical (unpaired) electrons. The predicted octanol–water partition coefficient (Wildman–Crippen LogP) is 4.71. The summed E-state index contributed by atoms with van der Waals surface area (Å²) in [5, 5.41) is 7.77. The Hall–Kier alpha value is -2.64. The SMILES string of the molecule is COc1ccc(Nc2nc(COC(=O)/C=C/c3cccs3)cs2)cc1. The number of thiazole rings is 1. The number of ether oxygens (including phenoxy) is 2. The van der Waals surface area contributed by atoms with Gasteiger partial charge in [0.05, 0.1) is 12.8 Å². The summed E-state index contributed by atoms with van der Waals surface area (Å²) in [7, 11) is 1.63. The molecule has 0 aliphatic heterocycles. The molecule has 5 nitrogen and oxygen atoms in total. The van der Waals surface area contributed by atoms with Gasteiger partial charge >= 0.3 is 5.97 Å². The first-order chi connectivity index (χ1) is 12.2. The highest BCUT2D eigenvalue weighted by atomic mass is 32.1. The maximum absolute atomic E-state index is 11.7. The molecule has 0 fully saturated rings. The topological polar surface area (TPSA) is 60.4 Å². The van der Waals surface area contributed by atoms with Gasteiger partial charge in [-0.15, -0.1) is 22.7 Å². The van der Waals surface area contributed by atoms with Crippen LogP contribution in [0.15, 0.2) is 53.2 Å². The highest BCUT2D eigenvalue weighted by molar-refractivity contribution is 7.13. The molecule has 128 valence electrons. The van der Waals surface area contributed by atoms with E-state index in [0.29, 0.717) is 5.69 Å². The van der Waals surface area contributed by atoms with Crippen LogP contribution < -0.4 is 10.1 Å². The molecule has 7 heteroatoms. The second-order valence-corrected chi connectivity index (χ2v) is 6.79. The average molecular weight is 372 g/mol. The van der Waals surface area contributed by atoms with Crippen LogP contribution in [0.25, 0.3) is 6.08 Å². The molecule has 0 bridgehead atoms. The zero-order valence-corrected chi connectivity index (χ0v) is 15.1. The summed E-state index contributed by atoms with van der Waals surface area (Å²) in [6.07, 6.45) is 3.17. The number of carbonyl (C=O) groups excluding carboxylic acids is 1. The number of esters is 1. The van der Waals surface area contributed by atoms with Crippen molar-refractivity contribution in [1.29, 1.82) is 0 Å². The minimum atomic E-state index is -0.383. The molecule has 3 rings (SSSR count). The number of benzene rings is 1. The van der Waals surface area contributed by atoms with Crippen LogP contribution in [0.1, 0.15) is 10.6 Å². The van der Waals surface area contributed by atoms with Crippen LogP contribution in [-0.4, -0.2) is 18.1 Å². The highest BCUT2D eigenvalue weighted by Gasteiger charge is 2.05. The molecule has 0 amide bonds. The van der Waals surface area contributed by atoms with Gasteiger partial charge in [0.25, 0.3) is 0 Å². The molecule has 0 spiro atoms. The molecule has 0 saturated carbocycles. The second kappa shape index (κ2) is 8.46. The van der Waals surface area contributed by atoms with Gasteiger partial charge in [0, 0.05) is 22.0 Å². The van der Waals surface area contributed by atoms with Crippen molar-refractivity contribution in [2.24, 2.45) is 0 Å². The van der Waals surface area contributed by atoms with Crippen molar-refractivity contribution in [2.75, 3.05) is 12.4 Å². The van der Waals surface area contributed by atoms with E-state index in [1.54, 1.807) is 24.5 Å². The number of anilines is 2. The second-order valence-electron chi connectivity index (χ2n) is 4.95. The lowest BCUT2D eigenvalue weighted by Gasteiger charge is -2.04. The fraction of sp³-hybridized carbons (Fsp3) is 0.111. The third-order valence-electron chi connectivity index (χ3n) is 3.18. The number of methoxy groups -OCH3 is 1. The van der Waals surface area contributed by atoms with Crippen LogP contribution in [0.3, 0.4) is 0 Å². The normalized spacial score (nSPS) is 10.8. The molecular formula is C18H16N2O3S2. The van der Waals surface area contributed by atoms with E-state index in [0.717, 1.165) is 21.4 Å². The first-order valence-corrected chi connectivity index (χ1v) is 9.23. The van der Waals surface area contributed by atoms with Crippen molar-refractivity contribution in [3.63, 3.8) is 0 Å². The molecule has 0 aliphatic carbocycles. The van der Waals surface area contributed by atoms with E-state index >= 15 is 0 Å². The van der Waals surface area contributed by atoms with Gasteiger partial charge in [-0.3, -0.25) is 0 Å². The Labute approximate surface area is 153 Å². The van der Waals surface area contributed by atoms with E-state index in [4.69, 9.17) is 9.47 Å². The minimum Gasteiger partial charge on any atom is -0.497 e. The van der Waals surface area contributed by atoms with Crippen molar-refractivity contribution < 1.29 is 14.3 Å². The smallest absolute Gasteiger partial charge is 0.331 e. The average Bonchev–Trinajstić information content (AvgIpc) is 3.31. The van der Waals surface area contributed by atoms with Crippen molar-refractivity contribution in [3.8, 4) is 5.75 Å². The summed E-state index contributed by atoms with van der Waals surface area (Å²) in [5.74, 6) is 0.416. The van der Waals surface area contributed by atoms with Gasteiger partial charge in [-0.1, -0.05) is 6.07 Å². The molecule has 1 N–H and O–H groups in total. The molecule has 0 unspecified atom stereocenters. The van der Waals surface area contributed by atoms with E-state index in [9.17, 15) is 4.79 Å². The van der Waals surface area contributed by atoms with Crippen LogP contribution >= 0.6 is 22.7 Å². The van der Waals surface area contributed by atoms with Crippen molar-refractivity contribution in [2.45, 2.75) is 6.61 Å². The Kier molecular flexibility index (Phi) is 5.81. The quantitative estimate of drug-likeness (QED) is 0.481. The van der Waals surface area contributed by atoms with Crippen LogP contribution in [0.5, 0.6) is 5.75 Å². The Morgan fingerprint density at radius 3 is 2.80 bits per heavy atom. The summed E-state index contributed by atoms with van der Waals surface area (Å²) < 4.78 is 10.3. The molecule has 0 aliphatic rings. The Balaban J connectivity index is 1.50. The van der Waals surface area contributed by atoms with Gasteiger partial charge in [-0.2, -0.15) is 0 Å². The lowest BCUT2D eigenvalue weighted by Crippen LogP contribution is -2.01. The molecule has 25 heavy (non-hydrogen) atoms. The van der Waals surface area contributed by atoms with Gasteiger partial charge in [0.15, 0.2) is 5.13 Å². The zero-order chi connectivity index (χ0) is 17.5. The van der Waals surface area contributed by atoms with E-state index in [1.165, 1.54) is 17.4 Å². The number of nitrogens with zero attached hydrogens (tertiary/aromatic N) is 1. The maximum Gasteiger partial charge on any atom is 0.331 e. The predicted molar refractivity (Wildman–Crippen MR) is 102 cm³/mol. The van der Waals surface area contributed by atoms with Crippen molar-refractivity contribution >= 4 is 45.5 Å². The first-order valence-electron chi connectivity index (χ1n) is 7.47. The number of aromatic nitrogens is 1. The Morgan fingerprint density at radius 1 is 1.24 bits per heavy atom. The van der Waals surface area contributed by atoms with Crippen molar-refractivity contribution in [3.05, 3.63) is 63.8 Å². The number of rotatable bonds is 7. The summed E-state index contributed by atoms with van der Waals surface area (Å²) >= 11 is 3.02. The molecule has 3 aromatic rings. The van der Waals surface area contributed by atoms with Crippen LogP contribution in [0.2, 0.25) is 0 Å². The molecule has 1 aromatic carbocycles. The number of hydrogen-bond donors (Lipinski definition) is 1. The van der Waals surface area contributed by atoms with E-state index < -0.39 is 0 Å². The molecule has 2 aromatic heterocycles. The Bertz CT molecular complexity index is 840. The summed E-state index contributed by atoms with van der Waals surface area (Å²) in [5.41, 5.74) is 1.62. The number of carbonyl (C=O) groups is 1. The third kappa shape index (κ3) is 5.17. The lowest BCUT2D eigenvalue weighted by molar-refractivity contribution is -0.139. The van der Waals surface area contributed by atoms with Gasteiger partial charge in [-0.25, -0.2) is 9.78 Å². The monoisotopic (exact) mass is 372 g/mol. The number of nitrogens with one attached hydrogen (secondary N) is 1. The lowest BCUT2D eigenvalue weighted by atomic mass is 10.3. The summed E-state index contributed by atoms with van der Waals surface area (Å²) in [4.78, 5) is 17.1. The zero-order valence-electron chi connectivity index (χ0n) is 13.5. The fourth-order valence-corrected chi connectivity index (χ4v) is 3.29. The third-order valence-corrected chi connectivity index (χ3v) is 4.83. The first kappa shape index (κ1) is 17.2. The largest absolute Gasteiger partial charge is 0.497 e. The number of thiophene rings is 1. The minimum absolute atomic E-state index is 0.147. The summed E-state index contributed by atoms with van der Waals surface area (Å²) in [6.45, 7) is 0.147. The fourth-order valence-electron chi connectivity index (χ4n) is 1.96. The summed E-state index contributed by atoms with van der Waals surface area (Å²) in [6, 6.07) is 11.4. The number of hydrogen-bond acceptors (Lipinski definition) is 7. The van der Waals surface area contributed by atoms with E-state index in [-0.39, 0.29) is 12.6 Å². The molecule has 2 heterocycles. The highest BCUT2D eigenvalue weighted by Crippen LogP contribution is 2.23. The van der Waals surface area contributed by atoms with Crippen LogP contribution in [0.4, 0.5) is 10.8 Å². The standard InChI is InChI=1S/C18H16N2O3S2/c1-22-15-6-4-13(5-7-15)19-18-20-14(12-25-18)11-23-17(21)9-8-16-3-2-10-24-16/h2-10,12H,11H2,1H3,(H,19,20)/b9-8+. The maximum atomic E-state index is 11.7. The molecule has 0 atom stereocenters. The molecular weight excluding hydrogens is 356 g/mol. The van der Waals surface area contributed by atoms with Crippen LogP contribution in [-0.2, 0) is 16.1 Å². The van der Waals surface area contributed by atoms with Gasteiger partial charge in [0.2, 0.25) is 0 Å². The van der Waals surface area contributed by atoms with E-state index in [2.05, 4.69) is 10.3 Å². The van der Waals surface area contributed by atoms with Gasteiger partial charge < -0.3 is 14.8 Å². The van der Waals surface area contributed by atoms with Gasteiger partial charge in [-0.05, 0) is 41.8 Å². The van der Waals surface area contributed by atoms with Crippen molar-refractivity contribution in [1.82, 2.24) is 4.98 Å².